The van der Waals surface area contributed by atoms with E-state index >= 15 is 0 Å². The van der Waals surface area contributed by atoms with Gasteiger partial charge >= 0.3 is 0 Å². The molecular formula is C8H12N2O5S2. The molecule has 0 atom stereocenters. The molecule has 0 aromatic heterocycles. The highest BCUT2D eigenvalue weighted by Gasteiger charge is 2.20. The first-order chi connectivity index (χ1) is 7.57. The summed E-state index contributed by atoms with van der Waals surface area (Å²) in [5.41, 5.74) is 0.265. The highest BCUT2D eigenvalue weighted by atomic mass is 32.2. The number of primary sulfonamides is 2. The van der Waals surface area contributed by atoms with Gasteiger partial charge in [-0.25, -0.2) is 27.1 Å². The van der Waals surface area contributed by atoms with Crippen LogP contribution in [0.5, 0.6) is 0 Å². The normalized spacial score (nSPS) is 12.7. The maximum Gasteiger partial charge on any atom is 0.238 e. The van der Waals surface area contributed by atoms with Crippen LogP contribution in [0, 0.1) is 6.92 Å². The van der Waals surface area contributed by atoms with Gasteiger partial charge in [0.25, 0.3) is 0 Å². The molecule has 17 heavy (non-hydrogen) atoms. The van der Waals surface area contributed by atoms with Gasteiger partial charge in [0.15, 0.2) is 0 Å². The van der Waals surface area contributed by atoms with Crippen molar-refractivity contribution in [2.45, 2.75) is 23.3 Å². The molecule has 0 bridgehead atoms. The highest BCUT2D eigenvalue weighted by molar-refractivity contribution is 7.90. The fraction of sp³-hybridized carbons (Fsp3) is 0.250. The molecule has 0 radical (unpaired) electrons. The third-order valence-corrected chi connectivity index (χ3v) is 4.19. The van der Waals surface area contributed by atoms with E-state index in [4.69, 9.17) is 15.4 Å². The highest BCUT2D eigenvalue weighted by Crippen LogP contribution is 2.22. The van der Waals surface area contributed by atoms with Gasteiger partial charge in [0.05, 0.1) is 16.4 Å². The molecule has 9 heteroatoms. The summed E-state index contributed by atoms with van der Waals surface area (Å²) in [6.45, 7) is 0.864. The molecule has 7 nitrogen and oxygen atoms in total. The molecular weight excluding hydrogens is 268 g/mol. The SMILES string of the molecule is Cc1cc(CO)c(S(N)(=O)=O)cc1S(N)(=O)=O. The minimum absolute atomic E-state index is 0.0254. The fourth-order valence-electron chi connectivity index (χ4n) is 1.42. The van der Waals surface area contributed by atoms with E-state index < -0.39 is 31.5 Å². The largest absolute Gasteiger partial charge is 0.392 e. The Morgan fingerprint density at radius 3 is 1.88 bits per heavy atom. The van der Waals surface area contributed by atoms with Crippen molar-refractivity contribution < 1.29 is 21.9 Å². The van der Waals surface area contributed by atoms with Crippen molar-refractivity contribution >= 4 is 20.0 Å². The summed E-state index contributed by atoms with van der Waals surface area (Å²) in [6, 6.07) is 2.07. The smallest absolute Gasteiger partial charge is 0.238 e. The van der Waals surface area contributed by atoms with Gasteiger partial charge < -0.3 is 5.11 Å². The lowest BCUT2D eigenvalue weighted by Crippen LogP contribution is -2.19. The molecule has 0 spiro atoms. The second-order valence-electron chi connectivity index (χ2n) is 3.47. The molecule has 0 aliphatic carbocycles. The second-order valence-corrected chi connectivity index (χ2v) is 6.53. The third-order valence-electron chi connectivity index (χ3n) is 2.14. The molecule has 1 rings (SSSR count). The number of benzene rings is 1. The number of sulfonamides is 2. The van der Waals surface area contributed by atoms with Crippen LogP contribution in [0.3, 0.4) is 0 Å². The zero-order valence-corrected chi connectivity index (χ0v) is 10.5. The Hall–Kier alpha value is -1.00. The molecule has 0 saturated heterocycles. The van der Waals surface area contributed by atoms with E-state index in [2.05, 4.69) is 0 Å². The van der Waals surface area contributed by atoms with E-state index in [1.165, 1.54) is 13.0 Å². The number of hydrogen-bond donors (Lipinski definition) is 3. The van der Waals surface area contributed by atoms with Gasteiger partial charge in [0, 0.05) is 0 Å². The third kappa shape index (κ3) is 3.01. The van der Waals surface area contributed by atoms with Crippen LogP contribution in [0.1, 0.15) is 11.1 Å². The van der Waals surface area contributed by atoms with Crippen LogP contribution in [0.2, 0.25) is 0 Å². The Morgan fingerprint density at radius 2 is 1.53 bits per heavy atom. The minimum atomic E-state index is -4.13. The van der Waals surface area contributed by atoms with Gasteiger partial charge in [0.2, 0.25) is 20.0 Å². The fourth-order valence-corrected chi connectivity index (χ4v) is 3.06. The topological polar surface area (TPSA) is 141 Å². The average Bonchev–Trinajstić information content (AvgIpc) is 2.13. The van der Waals surface area contributed by atoms with Crippen molar-refractivity contribution in [2.75, 3.05) is 0 Å². The van der Waals surface area contributed by atoms with Crippen molar-refractivity contribution in [2.24, 2.45) is 10.3 Å². The van der Waals surface area contributed by atoms with E-state index in [-0.39, 0.29) is 16.0 Å². The van der Waals surface area contributed by atoms with Crippen molar-refractivity contribution in [1.29, 1.82) is 0 Å². The zero-order valence-electron chi connectivity index (χ0n) is 8.91. The predicted molar refractivity (Wildman–Crippen MR) is 59.8 cm³/mol. The summed E-state index contributed by atoms with van der Waals surface area (Å²) in [6.07, 6.45) is 0. The maximum atomic E-state index is 11.2. The van der Waals surface area contributed by atoms with E-state index in [9.17, 15) is 16.8 Å². The minimum Gasteiger partial charge on any atom is -0.392 e. The van der Waals surface area contributed by atoms with Crippen LogP contribution in [0.15, 0.2) is 21.9 Å². The molecule has 0 heterocycles. The predicted octanol–water partition coefficient (Wildman–Crippen LogP) is -1.22. The molecule has 0 aliphatic heterocycles. The summed E-state index contributed by atoms with van der Waals surface area (Å²) < 4.78 is 44.9. The average molecular weight is 280 g/mol. The molecule has 0 aliphatic rings. The second kappa shape index (κ2) is 4.35. The summed E-state index contributed by atoms with van der Waals surface area (Å²) in [7, 11) is -8.17. The van der Waals surface area contributed by atoms with Gasteiger partial charge in [-0.1, -0.05) is 6.07 Å². The van der Waals surface area contributed by atoms with Crippen molar-refractivity contribution in [1.82, 2.24) is 0 Å². The van der Waals surface area contributed by atoms with E-state index in [1.54, 1.807) is 0 Å². The van der Waals surface area contributed by atoms with Gasteiger partial charge in [0.1, 0.15) is 0 Å². The lowest BCUT2D eigenvalue weighted by Gasteiger charge is -2.10. The van der Waals surface area contributed by atoms with Crippen molar-refractivity contribution in [3.63, 3.8) is 0 Å². The first-order valence-electron chi connectivity index (χ1n) is 4.37. The molecule has 0 unspecified atom stereocenters. The number of aliphatic hydroxyl groups excluding tert-OH is 1. The lowest BCUT2D eigenvalue weighted by molar-refractivity contribution is 0.278. The number of aliphatic hydroxyl groups is 1. The van der Waals surface area contributed by atoms with Crippen molar-refractivity contribution in [3.8, 4) is 0 Å². The summed E-state index contributed by atoms with van der Waals surface area (Å²) in [5, 5.41) is 18.9. The van der Waals surface area contributed by atoms with E-state index in [0.717, 1.165) is 6.07 Å². The first kappa shape index (κ1) is 14.1. The lowest BCUT2D eigenvalue weighted by atomic mass is 10.1. The van der Waals surface area contributed by atoms with Crippen molar-refractivity contribution in [3.05, 3.63) is 23.3 Å². The van der Waals surface area contributed by atoms with Crippen LogP contribution in [-0.4, -0.2) is 21.9 Å². The Bertz CT molecular complexity index is 649. The summed E-state index contributed by atoms with van der Waals surface area (Å²) in [4.78, 5) is -0.784. The Balaban J connectivity index is 3.73. The van der Waals surface area contributed by atoms with Crippen LogP contribution >= 0.6 is 0 Å². The number of nitrogens with two attached hydrogens (primary N) is 2. The molecule has 1 aromatic rings. The van der Waals surface area contributed by atoms with Gasteiger partial charge in [-0.05, 0) is 24.1 Å². The molecule has 0 saturated carbocycles. The van der Waals surface area contributed by atoms with Gasteiger partial charge in [-0.15, -0.1) is 0 Å². The molecule has 96 valence electrons. The molecule has 0 amide bonds. The Labute approximate surface area is 99.2 Å². The standard InChI is InChI=1S/C8H12N2O5S2/c1-5-2-6(4-11)8(17(10,14)15)3-7(5)16(9,12)13/h2-3,11H,4H2,1H3,(H2,9,12,13)(H2,10,14,15). The van der Waals surface area contributed by atoms with E-state index in [0.29, 0.717) is 0 Å². The van der Waals surface area contributed by atoms with E-state index in [1.807, 2.05) is 0 Å². The van der Waals surface area contributed by atoms with Crippen LogP contribution in [0.4, 0.5) is 0 Å². The van der Waals surface area contributed by atoms with Crippen LogP contribution in [0.25, 0.3) is 0 Å². The van der Waals surface area contributed by atoms with Crippen LogP contribution in [-0.2, 0) is 26.7 Å². The maximum absolute atomic E-state index is 11.2. The summed E-state index contributed by atoms with van der Waals surface area (Å²) >= 11 is 0. The number of hydrogen-bond acceptors (Lipinski definition) is 5. The van der Waals surface area contributed by atoms with Gasteiger partial charge in [-0.3, -0.25) is 0 Å². The zero-order chi connectivity index (χ0) is 13.4. The Kier molecular flexibility index (Phi) is 3.60. The quantitative estimate of drug-likeness (QED) is 0.636. The molecule has 0 fully saturated rings. The first-order valence-corrected chi connectivity index (χ1v) is 7.46. The Morgan fingerprint density at radius 1 is 1.06 bits per heavy atom. The van der Waals surface area contributed by atoms with Gasteiger partial charge in [-0.2, -0.15) is 0 Å². The number of aryl methyl sites for hydroxylation is 1. The molecule has 5 N–H and O–H groups in total. The molecule has 1 aromatic carbocycles. The summed E-state index contributed by atoms with van der Waals surface area (Å²) in [5.74, 6) is 0. The number of rotatable bonds is 3. The monoisotopic (exact) mass is 280 g/mol. The van der Waals surface area contributed by atoms with Crippen LogP contribution < -0.4 is 10.3 Å².